The van der Waals surface area contributed by atoms with E-state index in [9.17, 15) is 14.7 Å². The molecule has 23 heavy (non-hydrogen) atoms. The van der Waals surface area contributed by atoms with Gasteiger partial charge in [-0.25, -0.2) is 4.79 Å². The SMILES string of the molecule is CN(C(=O)/C=C(\O)C(=O)O)C(c1ccccc1)c1ccccc1. The second-order valence-corrected chi connectivity index (χ2v) is 5.01. The summed E-state index contributed by atoms with van der Waals surface area (Å²) in [6.45, 7) is 0. The number of hydrogen-bond acceptors (Lipinski definition) is 3. The number of carboxylic acid groups (broad SMARTS) is 1. The van der Waals surface area contributed by atoms with Crippen molar-refractivity contribution in [2.45, 2.75) is 6.04 Å². The molecule has 1 amide bonds. The van der Waals surface area contributed by atoms with Crippen molar-refractivity contribution in [2.24, 2.45) is 0 Å². The molecule has 0 aliphatic heterocycles. The van der Waals surface area contributed by atoms with Crippen molar-refractivity contribution in [3.63, 3.8) is 0 Å². The lowest BCUT2D eigenvalue weighted by molar-refractivity contribution is -0.136. The molecule has 0 heterocycles. The van der Waals surface area contributed by atoms with Crippen LogP contribution in [-0.2, 0) is 9.59 Å². The summed E-state index contributed by atoms with van der Waals surface area (Å²) in [5, 5.41) is 18.0. The van der Waals surface area contributed by atoms with Gasteiger partial charge in [-0.2, -0.15) is 0 Å². The number of aliphatic hydroxyl groups is 1. The van der Waals surface area contributed by atoms with Crippen molar-refractivity contribution in [1.82, 2.24) is 4.90 Å². The highest BCUT2D eigenvalue weighted by Gasteiger charge is 2.23. The van der Waals surface area contributed by atoms with Crippen molar-refractivity contribution in [3.8, 4) is 0 Å². The Balaban J connectivity index is 2.40. The summed E-state index contributed by atoms with van der Waals surface area (Å²) in [6.07, 6.45) is 0.710. The predicted octanol–water partition coefficient (Wildman–Crippen LogP) is 2.76. The first-order valence-electron chi connectivity index (χ1n) is 7.01. The fourth-order valence-corrected chi connectivity index (χ4v) is 2.32. The molecule has 0 saturated carbocycles. The summed E-state index contributed by atoms with van der Waals surface area (Å²) in [5.74, 6) is -3.12. The molecule has 0 radical (unpaired) electrons. The summed E-state index contributed by atoms with van der Waals surface area (Å²) in [5.41, 5.74) is 1.77. The number of aliphatic carboxylic acids is 1. The number of carboxylic acids is 1. The zero-order chi connectivity index (χ0) is 16.8. The van der Waals surface area contributed by atoms with Crippen LogP contribution in [0.5, 0.6) is 0 Å². The molecule has 5 nitrogen and oxygen atoms in total. The van der Waals surface area contributed by atoms with Crippen LogP contribution in [0.3, 0.4) is 0 Å². The number of benzene rings is 2. The summed E-state index contributed by atoms with van der Waals surface area (Å²) >= 11 is 0. The molecular formula is C18H17NO4. The van der Waals surface area contributed by atoms with Crippen molar-refractivity contribution in [2.75, 3.05) is 7.05 Å². The molecular weight excluding hydrogens is 294 g/mol. The van der Waals surface area contributed by atoms with Crippen LogP contribution in [0.1, 0.15) is 17.2 Å². The quantitative estimate of drug-likeness (QED) is 0.657. The molecule has 0 unspecified atom stereocenters. The van der Waals surface area contributed by atoms with Crippen LogP contribution in [0.25, 0.3) is 0 Å². The maximum Gasteiger partial charge on any atom is 0.371 e. The van der Waals surface area contributed by atoms with Gasteiger partial charge in [-0.15, -0.1) is 0 Å². The third-order valence-electron chi connectivity index (χ3n) is 3.44. The zero-order valence-electron chi connectivity index (χ0n) is 12.6. The normalized spacial score (nSPS) is 11.3. The Morgan fingerprint density at radius 2 is 1.35 bits per heavy atom. The highest BCUT2D eigenvalue weighted by Crippen LogP contribution is 2.27. The average Bonchev–Trinajstić information content (AvgIpc) is 2.56. The molecule has 5 heteroatoms. The summed E-state index contributed by atoms with van der Waals surface area (Å²) in [4.78, 5) is 24.3. The maximum atomic E-state index is 12.3. The van der Waals surface area contributed by atoms with Crippen LogP contribution in [0, 0.1) is 0 Å². The maximum absolute atomic E-state index is 12.3. The van der Waals surface area contributed by atoms with Gasteiger partial charge in [0.05, 0.1) is 12.1 Å². The first kappa shape index (κ1) is 16.3. The highest BCUT2D eigenvalue weighted by atomic mass is 16.4. The lowest BCUT2D eigenvalue weighted by atomic mass is 9.97. The molecule has 2 N–H and O–H groups in total. The Morgan fingerprint density at radius 1 is 0.913 bits per heavy atom. The van der Waals surface area contributed by atoms with E-state index in [0.29, 0.717) is 6.08 Å². The minimum Gasteiger partial charge on any atom is -0.502 e. The van der Waals surface area contributed by atoms with E-state index in [4.69, 9.17) is 5.11 Å². The number of hydrogen-bond donors (Lipinski definition) is 2. The number of amides is 1. The van der Waals surface area contributed by atoms with Crippen molar-refractivity contribution >= 4 is 11.9 Å². The van der Waals surface area contributed by atoms with Gasteiger partial charge in [0.15, 0.2) is 0 Å². The Hall–Kier alpha value is -3.08. The largest absolute Gasteiger partial charge is 0.502 e. The van der Waals surface area contributed by atoms with Gasteiger partial charge < -0.3 is 15.1 Å². The van der Waals surface area contributed by atoms with E-state index in [1.807, 2.05) is 60.7 Å². The highest BCUT2D eigenvalue weighted by molar-refractivity contribution is 5.96. The van der Waals surface area contributed by atoms with Gasteiger partial charge in [0.25, 0.3) is 5.91 Å². The second-order valence-electron chi connectivity index (χ2n) is 5.01. The molecule has 2 aromatic rings. The third-order valence-corrected chi connectivity index (χ3v) is 3.44. The van der Waals surface area contributed by atoms with Crippen molar-refractivity contribution < 1.29 is 19.8 Å². The van der Waals surface area contributed by atoms with Crippen LogP contribution in [0.2, 0.25) is 0 Å². The van der Waals surface area contributed by atoms with E-state index in [1.54, 1.807) is 7.05 Å². The van der Waals surface area contributed by atoms with Crippen molar-refractivity contribution in [1.29, 1.82) is 0 Å². The number of likely N-dealkylation sites (N-methyl/N-ethyl adjacent to an activating group) is 1. The van der Waals surface area contributed by atoms with E-state index in [1.165, 1.54) is 4.90 Å². The predicted molar refractivity (Wildman–Crippen MR) is 85.8 cm³/mol. The minimum atomic E-state index is -1.54. The first-order chi connectivity index (χ1) is 11.0. The number of rotatable bonds is 5. The van der Waals surface area contributed by atoms with E-state index in [-0.39, 0.29) is 6.04 Å². The molecule has 2 aromatic carbocycles. The Kier molecular flexibility index (Phi) is 5.15. The minimum absolute atomic E-state index is 0.386. The Labute approximate surface area is 134 Å². The van der Waals surface area contributed by atoms with Crippen LogP contribution in [0.15, 0.2) is 72.5 Å². The molecule has 0 fully saturated rings. The smallest absolute Gasteiger partial charge is 0.371 e. The molecule has 0 aliphatic carbocycles. The lowest BCUT2D eigenvalue weighted by Crippen LogP contribution is -2.31. The fraction of sp³-hybridized carbons (Fsp3) is 0.111. The van der Waals surface area contributed by atoms with E-state index in [2.05, 4.69) is 0 Å². The average molecular weight is 311 g/mol. The molecule has 2 rings (SSSR count). The van der Waals surface area contributed by atoms with Crippen LogP contribution in [-0.4, -0.2) is 34.0 Å². The van der Waals surface area contributed by atoms with Gasteiger partial charge in [0.1, 0.15) is 0 Å². The Morgan fingerprint density at radius 3 is 1.74 bits per heavy atom. The monoisotopic (exact) mass is 311 g/mol. The lowest BCUT2D eigenvalue weighted by Gasteiger charge is -2.28. The first-order valence-corrected chi connectivity index (χ1v) is 7.01. The number of aliphatic hydroxyl groups excluding tert-OH is 1. The summed E-state index contributed by atoms with van der Waals surface area (Å²) in [7, 11) is 1.57. The molecule has 0 saturated heterocycles. The van der Waals surface area contributed by atoms with Gasteiger partial charge in [0, 0.05) is 7.05 Å². The topological polar surface area (TPSA) is 77.8 Å². The van der Waals surface area contributed by atoms with Crippen LogP contribution >= 0.6 is 0 Å². The molecule has 0 aliphatic rings. The Bertz CT molecular complexity index is 671. The number of nitrogens with zero attached hydrogens (tertiary/aromatic N) is 1. The van der Waals surface area contributed by atoms with Gasteiger partial charge in [-0.05, 0) is 11.1 Å². The van der Waals surface area contributed by atoms with E-state index in [0.717, 1.165) is 11.1 Å². The number of carbonyl (C=O) groups excluding carboxylic acids is 1. The van der Waals surface area contributed by atoms with E-state index < -0.39 is 17.6 Å². The van der Waals surface area contributed by atoms with Crippen LogP contribution < -0.4 is 0 Å². The third kappa shape index (κ3) is 3.97. The standard InChI is InChI=1S/C18H17NO4/c1-19(16(21)12-15(20)18(22)23)17(13-8-4-2-5-9-13)14-10-6-3-7-11-14/h2-12,17,20H,1H3,(H,22,23)/b15-12-. The molecule has 0 atom stereocenters. The summed E-state index contributed by atoms with van der Waals surface area (Å²) < 4.78 is 0. The van der Waals surface area contributed by atoms with Crippen molar-refractivity contribution in [3.05, 3.63) is 83.6 Å². The molecule has 0 spiro atoms. The number of carbonyl (C=O) groups is 2. The second kappa shape index (κ2) is 7.26. The van der Waals surface area contributed by atoms with Gasteiger partial charge >= 0.3 is 5.97 Å². The fourth-order valence-electron chi connectivity index (χ4n) is 2.32. The summed E-state index contributed by atoms with van der Waals surface area (Å²) in [6, 6.07) is 18.4. The molecule has 0 aromatic heterocycles. The molecule has 118 valence electrons. The van der Waals surface area contributed by atoms with Gasteiger partial charge in [-0.3, -0.25) is 4.79 Å². The molecule has 0 bridgehead atoms. The van der Waals surface area contributed by atoms with E-state index >= 15 is 0 Å². The zero-order valence-corrected chi connectivity index (χ0v) is 12.6. The van der Waals surface area contributed by atoms with Crippen LogP contribution in [0.4, 0.5) is 0 Å². The van der Waals surface area contributed by atoms with Gasteiger partial charge in [0.2, 0.25) is 5.76 Å². The van der Waals surface area contributed by atoms with Gasteiger partial charge in [-0.1, -0.05) is 60.7 Å².